The van der Waals surface area contributed by atoms with Gasteiger partial charge in [-0.1, -0.05) is 12.1 Å². The molecule has 132 valence electrons. The van der Waals surface area contributed by atoms with E-state index >= 15 is 0 Å². The zero-order chi connectivity index (χ0) is 17.8. The van der Waals surface area contributed by atoms with Crippen molar-refractivity contribution in [1.82, 2.24) is 14.9 Å². The predicted molar refractivity (Wildman–Crippen MR) is 94.4 cm³/mol. The Hall–Kier alpha value is -2.67. The molecule has 2 heterocycles. The number of hydrogen-bond acceptors (Lipinski definition) is 6. The summed E-state index contributed by atoms with van der Waals surface area (Å²) < 4.78 is 11.5. The maximum absolute atomic E-state index is 12.2. The first kappa shape index (κ1) is 17.2. The second-order valence-corrected chi connectivity index (χ2v) is 6.14. The lowest BCUT2D eigenvalue weighted by Crippen LogP contribution is -2.23. The molecular weight excluding hydrogens is 320 g/mol. The number of rotatable bonds is 5. The molecule has 7 nitrogen and oxygen atoms in total. The summed E-state index contributed by atoms with van der Waals surface area (Å²) in [5.74, 6) is 0.504. The van der Waals surface area contributed by atoms with Crippen LogP contribution in [0.4, 0.5) is 5.95 Å². The van der Waals surface area contributed by atoms with Gasteiger partial charge in [0.2, 0.25) is 5.95 Å². The van der Waals surface area contributed by atoms with Gasteiger partial charge in [0.05, 0.1) is 11.8 Å². The molecule has 7 heteroatoms. The maximum atomic E-state index is 12.2. The van der Waals surface area contributed by atoms with Gasteiger partial charge in [0.15, 0.2) is 0 Å². The van der Waals surface area contributed by atoms with Crippen LogP contribution in [0.3, 0.4) is 0 Å². The van der Waals surface area contributed by atoms with E-state index in [1.807, 2.05) is 24.3 Å². The van der Waals surface area contributed by atoms with Crippen LogP contribution in [0.5, 0.6) is 5.75 Å². The van der Waals surface area contributed by atoms with E-state index in [-0.39, 0.29) is 23.7 Å². The maximum Gasteiger partial charge on any atom is 0.272 e. The summed E-state index contributed by atoms with van der Waals surface area (Å²) in [6.07, 6.45) is 2.19. The second-order valence-electron chi connectivity index (χ2n) is 6.14. The molecule has 2 N–H and O–H groups in total. The van der Waals surface area contributed by atoms with Gasteiger partial charge < -0.3 is 20.1 Å². The van der Waals surface area contributed by atoms with Gasteiger partial charge in [-0.3, -0.25) is 4.79 Å². The molecule has 1 unspecified atom stereocenters. The molecule has 1 saturated heterocycles. The molecule has 1 aliphatic rings. The first-order valence-corrected chi connectivity index (χ1v) is 8.24. The Labute approximate surface area is 146 Å². The highest BCUT2D eigenvalue weighted by atomic mass is 16.5. The highest BCUT2D eigenvalue weighted by Crippen LogP contribution is 2.30. The molecule has 0 radical (unpaired) electrons. The van der Waals surface area contributed by atoms with Gasteiger partial charge in [-0.05, 0) is 31.0 Å². The molecule has 1 aromatic carbocycles. The van der Waals surface area contributed by atoms with E-state index in [1.165, 1.54) is 4.90 Å². The lowest BCUT2D eigenvalue weighted by molar-refractivity contribution is 0.0681. The Bertz CT molecular complexity index is 758. The average Bonchev–Trinajstić information content (AvgIpc) is 3.12. The fourth-order valence-corrected chi connectivity index (χ4v) is 2.71. The van der Waals surface area contributed by atoms with Crippen LogP contribution in [0, 0.1) is 0 Å². The van der Waals surface area contributed by atoms with E-state index in [4.69, 9.17) is 15.2 Å². The second kappa shape index (κ2) is 7.48. The van der Waals surface area contributed by atoms with Crippen molar-refractivity contribution in [3.8, 4) is 17.0 Å². The van der Waals surface area contributed by atoms with E-state index in [9.17, 15) is 4.79 Å². The molecule has 1 amide bonds. The predicted octanol–water partition coefficient (Wildman–Crippen LogP) is 1.99. The van der Waals surface area contributed by atoms with Crippen molar-refractivity contribution in [2.45, 2.75) is 18.9 Å². The van der Waals surface area contributed by atoms with Crippen molar-refractivity contribution >= 4 is 11.9 Å². The number of para-hydroxylation sites is 1. The zero-order valence-electron chi connectivity index (χ0n) is 14.4. The summed E-state index contributed by atoms with van der Waals surface area (Å²) in [7, 11) is 3.33. The normalized spacial score (nSPS) is 16.6. The molecule has 1 fully saturated rings. The lowest BCUT2D eigenvalue weighted by Gasteiger charge is -2.15. The molecule has 1 aromatic heterocycles. The summed E-state index contributed by atoms with van der Waals surface area (Å²) in [4.78, 5) is 22.0. The van der Waals surface area contributed by atoms with Crippen LogP contribution in [-0.4, -0.2) is 54.2 Å². The Morgan fingerprint density at radius 1 is 1.36 bits per heavy atom. The van der Waals surface area contributed by atoms with Crippen LogP contribution in [0.2, 0.25) is 0 Å². The minimum absolute atomic E-state index is 0.0524. The Kier molecular flexibility index (Phi) is 5.14. The van der Waals surface area contributed by atoms with Gasteiger partial charge in [0.1, 0.15) is 18.1 Å². The largest absolute Gasteiger partial charge is 0.490 e. The first-order chi connectivity index (χ1) is 12.0. The van der Waals surface area contributed by atoms with Crippen molar-refractivity contribution in [2.24, 2.45) is 0 Å². The molecule has 25 heavy (non-hydrogen) atoms. The Morgan fingerprint density at radius 3 is 2.88 bits per heavy atom. The van der Waals surface area contributed by atoms with Crippen LogP contribution in [0.15, 0.2) is 30.3 Å². The number of nitrogens with two attached hydrogens (primary N) is 1. The minimum atomic E-state index is -0.229. The third kappa shape index (κ3) is 4.06. The lowest BCUT2D eigenvalue weighted by atomic mass is 10.1. The first-order valence-electron chi connectivity index (χ1n) is 8.24. The van der Waals surface area contributed by atoms with E-state index in [1.54, 1.807) is 20.2 Å². The molecule has 0 aliphatic carbocycles. The number of carbonyl (C=O) groups excluding carboxylic acids is 1. The fraction of sp³-hybridized carbons (Fsp3) is 0.389. The standard InChI is InChI=1S/C18H22N4O3/c1-22(2)17(23)15-10-14(20-18(19)21-15)13-7-3-4-8-16(13)25-11-12-6-5-9-24-12/h3-4,7-8,10,12H,5-6,9,11H2,1-2H3,(H2,19,20,21). The number of carbonyl (C=O) groups is 1. The molecule has 1 aliphatic heterocycles. The van der Waals surface area contributed by atoms with Gasteiger partial charge in [-0.15, -0.1) is 0 Å². The highest BCUT2D eigenvalue weighted by Gasteiger charge is 2.18. The average molecular weight is 342 g/mol. The van der Waals surface area contributed by atoms with Crippen LogP contribution < -0.4 is 10.5 Å². The number of anilines is 1. The van der Waals surface area contributed by atoms with Crippen molar-refractivity contribution in [3.05, 3.63) is 36.0 Å². The summed E-state index contributed by atoms with van der Waals surface area (Å²) in [6.45, 7) is 1.27. The highest BCUT2D eigenvalue weighted by molar-refractivity contribution is 5.93. The summed E-state index contributed by atoms with van der Waals surface area (Å²) in [5.41, 5.74) is 7.38. The van der Waals surface area contributed by atoms with E-state index in [0.29, 0.717) is 18.1 Å². The summed E-state index contributed by atoms with van der Waals surface area (Å²) in [5, 5.41) is 0. The van der Waals surface area contributed by atoms with Crippen molar-refractivity contribution in [1.29, 1.82) is 0 Å². The van der Waals surface area contributed by atoms with Crippen LogP contribution in [-0.2, 0) is 4.74 Å². The minimum Gasteiger partial charge on any atom is -0.490 e. The monoisotopic (exact) mass is 342 g/mol. The van der Waals surface area contributed by atoms with E-state index < -0.39 is 0 Å². The number of aromatic nitrogens is 2. The van der Waals surface area contributed by atoms with Crippen LogP contribution >= 0.6 is 0 Å². The Morgan fingerprint density at radius 2 is 2.16 bits per heavy atom. The number of hydrogen-bond donors (Lipinski definition) is 1. The topological polar surface area (TPSA) is 90.6 Å². The smallest absolute Gasteiger partial charge is 0.272 e. The molecule has 0 bridgehead atoms. The van der Waals surface area contributed by atoms with Gasteiger partial charge in [0.25, 0.3) is 5.91 Å². The van der Waals surface area contributed by atoms with Crippen LogP contribution in [0.25, 0.3) is 11.3 Å². The number of amides is 1. The SMILES string of the molecule is CN(C)C(=O)c1cc(-c2ccccc2OCC2CCCO2)nc(N)n1. The quantitative estimate of drug-likeness (QED) is 0.893. The molecule has 1 atom stereocenters. The molecule has 0 saturated carbocycles. The third-order valence-electron chi connectivity index (χ3n) is 3.98. The number of benzene rings is 1. The number of ether oxygens (including phenoxy) is 2. The van der Waals surface area contributed by atoms with E-state index in [0.717, 1.165) is 25.0 Å². The molecule has 3 rings (SSSR count). The Balaban J connectivity index is 1.89. The number of nitrogens with zero attached hydrogens (tertiary/aromatic N) is 3. The molecule has 0 spiro atoms. The van der Waals surface area contributed by atoms with Crippen molar-refractivity contribution in [3.63, 3.8) is 0 Å². The molecule has 2 aromatic rings. The van der Waals surface area contributed by atoms with Crippen molar-refractivity contribution < 1.29 is 14.3 Å². The van der Waals surface area contributed by atoms with Crippen LogP contribution in [0.1, 0.15) is 23.3 Å². The summed E-state index contributed by atoms with van der Waals surface area (Å²) >= 11 is 0. The third-order valence-corrected chi connectivity index (χ3v) is 3.98. The van der Waals surface area contributed by atoms with E-state index in [2.05, 4.69) is 9.97 Å². The fourth-order valence-electron chi connectivity index (χ4n) is 2.71. The summed E-state index contributed by atoms with van der Waals surface area (Å²) in [6, 6.07) is 9.17. The van der Waals surface area contributed by atoms with Gasteiger partial charge in [0, 0.05) is 26.3 Å². The molecular formula is C18H22N4O3. The van der Waals surface area contributed by atoms with Gasteiger partial charge in [-0.25, -0.2) is 9.97 Å². The zero-order valence-corrected chi connectivity index (χ0v) is 14.4. The van der Waals surface area contributed by atoms with Gasteiger partial charge in [-0.2, -0.15) is 0 Å². The number of nitrogen functional groups attached to an aromatic ring is 1. The van der Waals surface area contributed by atoms with Gasteiger partial charge >= 0.3 is 0 Å². The van der Waals surface area contributed by atoms with Crippen molar-refractivity contribution in [2.75, 3.05) is 33.0 Å².